The van der Waals surface area contributed by atoms with Gasteiger partial charge in [0, 0.05) is 18.7 Å². The molecule has 1 aromatic carbocycles. The van der Waals surface area contributed by atoms with E-state index in [0.717, 1.165) is 6.42 Å². The second-order valence-electron chi connectivity index (χ2n) is 3.57. The monoisotopic (exact) mass is 272 g/mol. The van der Waals surface area contributed by atoms with Crippen LogP contribution in [-0.2, 0) is 0 Å². The van der Waals surface area contributed by atoms with Crippen LogP contribution in [0.3, 0.4) is 0 Å². The van der Waals surface area contributed by atoms with E-state index in [4.69, 9.17) is 21.1 Å². The zero-order chi connectivity index (χ0) is 13.5. The largest absolute Gasteiger partial charge is 0.493 e. The van der Waals surface area contributed by atoms with Crippen LogP contribution in [0, 0.1) is 0 Å². The molecule has 0 atom stereocenters. The fourth-order valence-corrected chi connectivity index (χ4v) is 1.56. The molecule has 5 nitrogen and oxygen atoms in total. The fraction of sp³-hybridized carbons (Fsp3) is 0.417. The number of methoxy groups -OCH3 is 2. The molecule has 0 fully saturated rings. The van der Waals surface area contributed by atoms with Crippen LogP contribution in [0.15, 0.2) is 12.1 Å². The lowest BCUT2D eigenvalue weighted by Crippen LogP contribution is -2.29. The summed E-state index contributed by atoms with van der Waals surface area (Å²) >= 11 is 6.04. The summed E-state index contributed by atoms with van der Waals surface area (Å²) in [5, 5.41) is 5.74. The van der Waals surface area contributed by atoms with Gasteiger partial charge in [0.25, 0.3) is 0 Å². The topological polar surface area (TPSA) is 59.6 Å². The third kappa shape index (κ3) is 3.70. The molecule has 0 radical (unpaired) electrons. The smallest absolute Gasteiger partial charge is 0.319 e. The average Bonchev–Trinajstić information content (AvgIpc) is 2.38. The quantitative estimate of drug-likeness (QED) is 0.866. The summed E-state index contributed by atoms with van der Waals surface area (Å²) < 4.78 is 10.2. The maximum atomic E-state index is 11.5. The van der Waals surface area contributed by atoms with Crippen molar-refractivity contribution in [1.29, 1.82) is 0 Å². The van der Waals surface area contributed by atoms with Gasteiger partial charge in [0.1, 0.15) is 0 Å². The standard InChI is InChI=1S/C12H17ClN2O3/c1-4-5-14-12(16)15-9-7-11(18-3)10(17-2)6-8(9)13/h6-7H,4-5H2,1-3H3,(H2,14,15,16). The van der Waals surface area contributed by atoms with Crippen molar-refractivity contribution in [2.75, 3.05) is 26.1 Å². The number of anilines is 1. The Balaban J connectivity index is 2.85. The van der Waals surface area contributed by atoms with E-state index in [0.29, 0.717) is 28.8 Å². The first kappa shape index (κ1) is 14.4. The Bertz CT molecular complexity index is 424. The minimum atomic E-state index is -0.300. The first-order valence-corrected chi connectivity index (χ1v) is 5.96. The predicted molar refractivity (Wildman–Crippen MR) is 71.9 cm³/mol. The van der Waals surface area contributed by atoms with E-state index in [1.54, 1.807) is 12.1 Å². The van der Waals surface area contributed by atoms with Gasteiger partial charge in [-0.1, -0.05) is 18.5 Å². The number of rotatable bonds is 5. The number of ether oxygens (including phenoxy) is 2. The van der Waals surface area contributed by atoms with Gasteiger partial charge in [-0.15, -0.1) is 0 Å². The van der Waals surface area contributed by atoms with E-state index in [9.17, 15) is 4.79 Å². The van der Waals surface area contributed by atoms with Crippen molar-refractivity contribution in [3.05, 3.63) is 17.2 Å². The highest BCUT2D eigenvalue weighted by atomic mass is 35.5. The van der Waals surface area contributed by atoms with E-state index in [-0.39, 0.29) is 6.03 Å². The highest BCUT2D eigenvalue weighted by molar-refractivity contribution is 6.34. The maximum Gasteiger partial charge on any atom is 0.319 e. The molecule has 2 N–H and O–H groups in total. The zero-order valence-electron chi connectivity index (χ0n) is 10.7. The van der Waals surface area contributed by atoms with Crippen LogP contribution < -0.4 is 20.1 Å². The molecule has 0 spiro atoms. The molecule has 0 saturated carbocycles. The van der Waals surface area contributed by atoms with E-state index >= 15 is 0 Å². The number of amides is 2. The van der Waals surface area contributed by atoms with Crippen molar-refractivity contribution in [2.24, 2.45) is 0 Å². The Morgan fingerprint density at radius 1 is 1.28 bits per heavy atom. The average molecular weight is 273 g/mol. The molecule has 0 aromatic heterocycles. The number of carbonyl (C=O) groups is 1. The van der Waals surface area contributed by atoms with Gasteiger partial charge < -0.3 is 20.1 Å². The Kier molecular flexibility index (Phi) is 5.58. The minimum Gasteiger partial charge on any atom is -0.493 e. The van der Waals surface area contributed by atoms with Gasteiger partial charge in [0.15, 0.2) is 11.5 Å². The molecule has 0 aliphatic heterocycles. The number of benzene rings is 1. The van der Waals surface area contributed by atoms with Crippen molar-refractivity contribution in [3.63, 3.8) is 0 Å². The van der Waals surface area contributed by atoms with E-state index in [1.807, 2.05) is 6.92 Å². The number of hydrogen-bond acceptors (Lipinski definition) is 3. The number of urea groups is 1. The van der Waals surface area contributed by atoms with Crippen LogP contribution in [0.5, 0.6) is 11.5 Å². The molecule has 1 rings (SSSR count). The van der Waals surface area contributed by atoms with Crippen LogP contribution in [0.1, 0.15) is 13.3 Å². The van der Waals surface area contributed by atoms with E-state index < -0.39 is 0 Å². The molecule has 0 aliphatic carbocycles. The molecule has 100 valence electrons. The Labute approximate surface area is 111 Å². The normalized spacial score (nSPS) is 9.78. The summed E-state index contributed by atoms with van der Waals surface area (Å²) in [6, 6.07) is 2.91. The third-order valence-electron chi connectivity index (χ3n) is 2.26. The lowest BCUT2D eigenvalue weighted by molar-refractivity contribution is 0.252. The van der Waals surface area contributed by atoms with Crippen molar-refractivity contribution < 1.29 is 14.3 Å². The molecule has 18 heavy (non-hydrogen) atoms. The van der Waals surface area contributed by atoms with Gasteiger partial charge in [-0.25, -0.2) is 4.79 Å². The van der Waals surface area contributed by atoms with Crippen LogP contribution in [0.25, 0.3) is 0 Å². The zero-order valence-corrected chi connectivity index (χ0v) is 11.4. The molecule has 2 amide bonds. The molecule has 0 heterocycles. The van der Waals surface area contributed by atoms with Gasteiger partial charge >= 0.3 is 6.03 Å². The molecule has 0 aliphatic rings. The molecule has 1 aromatic rings. The summed E-state index contributed by atoms with van der Waals surface area (Å²) in [5.41, 5.74) is 0.475. The number of hydrogen-bond donors (Lipinski definition) is 2. The van der Waals surface area contributed by atoms with Gasteiger partial charge in [0.2, 0.25) is 0 Å². The SMILES string of the molecule is CCCNC(=O)Nc1cc(OC)c(OC)cc1Cl. The van der Waals surface area contributed by atoms with Gasteiger partial charge in [0.05, 0.1) is 24.9 Å². The highest BCUT2D eigenvalue weighted by Gasteiger charge is 2.11. The third-order valence-corrected chi connectivity index (χ3v) is 2.57. The Morgan fingerprint density at radius 2 is 1.89 bits per heavy atom. The number of carbonyl (C=O) groups excluding carboxylic acids is 1. The second-order valence-corrected chi connectivity index (χ2v) is 3.98. The van der Waals surface area contributed by atoms with Gasteiger partial charge in [-0.05, 0) is 6.42 Å². The lowest BCUT2D eigenvalue weighted by Gasteiger charge is -2.12. The maximum absolute atomic E-state index is 11.5. The van der Waals surface area contributed by atoms with Crippen molar-refractivity contribution in [2.45, 2.75) is 13.3 Å². The summed E-state index contributed by atoms with van der Waals surface area (Å²) in [4.78, 5) is 11.5. The minimum absolute atomic E-state index is 0.300. The number of halogens is 1. The molecular weight excluding hydrogens is 256 g/mol. The van der Waals surface area contributed by atoms with E-state index in [1.165, 1.54) is 14.2 Å². The highest BCUT2D eigenvalue weighted by Crippen LogP contribution is 2.35. The number of nitrogens with one attached hydrogen (secondary N) is 2. The van der Waals surface area contributed by atoms with Gasteiger partial charge in [-0.3, -0.25) is 0 Å². The Hall–Kier alpha value is -1.62. The second kappa shape index (κ2) is 6.96. The van der Waals surface area contributed by atoms with Crippen molar-refractivity contribution in [1.82, 2.24) is 5.32 Å². The van der Waals surface area contributed by atoms with Crippen LogP contribution >= 0.6 is 11.6 Å². The van der Waals surface area contributed by atoms with Crippen LogP contribution in [-0.4, -0.2) is 26.8 Å². The summed E-state index contributed by atoms with van der Waals surface area (Å²) in [5.74, 6) is 1.02. The summed E-state index contributed by atoms with van der Waals surface area (Å²) in [7, 11) is 3.04. The van der Waals surface area contributed by atoms with Gasteiger partial charge in [-0.2, -0.15) is 0 Å². The first-order chi connectivity index (χ1) is 8.62. The summed E-state index contributed by atoms with van der Waals surface area (Å²) in [6.45, 7) is 2.58. The fourth-order valence-electron chi connectivity index (χ4n) is 1.36. The summed E-state index contributed by atoms with van der Waals surface area (Å²) in [6.07, 6.45) is 0.868. The van der Waals surface area contributed by atoms with E-state index in [2.05, 4.69) is 10.6 Å². The Morgan fingerprint density at radius 3 is 2.44 bits per heavy atom. The molecule has 0 bridgehead atoms. The van der Waals surface area contributed by atoms with Crippen molar-refractivity contribution >= 4 is 23.3 Å². The molecular formula is C12H17ClN2O3. The molecule has 6 heteroatoms. The first-order valence-electron chi connectivity index (χ1n) is 5.58. The molecule has 0 unspecified atom stereocenters. The molecule has 0 saturated heterocycles. The van der Waals surface area contributed by atoms with Crippen LogP contribution in [0.2, 0.25) is 5.02 Å². The van der Waals surface area contributed by atoms with Crippen molar-refractivity contribution in [3.8, 4) is 11.5 Å². The van der Waals surface area contributed by atoms with Crippen LogP contribution in [0.4, 0.5) is 10.5 Å². The lowest BCUT2D eigenvalue weighted by atomic mass is 10.2. The predicted octanol–water partition coefficient (Wildman–Crippen LogP) is 2.89.